The van der Waals surface area contributed by atoms with Gasteiger partial charge in [-0.05, 0) is 13.0 Å². The number of hydrogen-bond acceptors (Lipinski definition) is 6. The number of nitrogens with one attached hydrogen (secondary N) is 1. The van der Waals surface area contributed by atoms with Gasteiger partial charge in [-0.3, -0.25) is 19.7 Å². The van der Waals surface area contributed by atoms with Gasteiger partial charge in [0.05, 0.1) is 30.6 Å². The van der Waals surface area contributed by atoms with Crippen molar-refractivity contribution in [1.29, 1.82) is 0 Å². The summed E-state index contributed by atoms with van der Waals surface area (Å²) in [7, 11) is 1.36. The molecule has 0 atom stereocenters. The maximum atomic E-state index is 12.0. The van der Waals surface area contributed by atoms with Crippen molar-refractivity contribution in [2.45, 2.75) is 13.3 Å². The van der Waals surface area contributed by atoms with Crippen LogP contribution in [0.3, 0.4) is 0 Å². The summed E-state index contributed by atoms with van der Waals surface area (Å²) in [6.07, 6.45) is 0.0246. The van der Waals surface area contributed by atoms with Gasteiger partial charge in [-0.1, -0.05) is 0 Å². The first-order valence-electron chi connectivity index (χ1n) is 6.25. The largest absolute Gasteiger partial charge is 0.496 e. The molecule has 0 aliphatic rings. The summed E-state index contributed by atoms with van der Waals surface area (Å²) in [4.78, 5) is 33.2. The van der Waals surface area contributed by atoms with Crippen LogP contribution in [0.2, 0.25) is 0 Å². The van der Waals surface area contributed by atoms with Gasteiger partial charge in [0.1, 0.15) is 5.75 Å². The highest BCUT2D eigenvalue weighted by molar-refractivity contribution is 5.97. The molecule has 21 heavy (non-hydrogen) atoms. The molecule has 1 aromatic carbocycles. The normalized spacial score (nSPS) is 9.81. The molecular weight excluding hydrogens is 280 g/mol. The van der Waals surface area contributed by atoms with Gasteiger partial charge in [0.15, 0.2) is 0 Å². The third-order valence-electron chi connectivity index (χ3n) is 2.56. The van der Waals surface area contributed by atoms with Crippen molar-refractivity contribution in [3.63, 3.8) is 0 Å². The van der Waals surface area contributed by atoms with Crippen LogP contribution in [-0.2, 0) is 9.53 Å². The zero-order valence-corrected chi connectivity index (χ0v) is 11.8. The number of ether oxygens (including phenoxy) is 2. The third-order valence-corrected chi connectivity index (χ3v) is 2.56. The number of benzene rings is 1. The van der Waals surface area contributed by atoms with Crippen LogP contribution in [-0.4, -0.2) is 37.1 Å². The van der Waals surface area contributed by atoms with Crippen LogP contribution in [0.15, 0.2) is 18.2 Å². The zero-order valence-electron chi connectivity index (χ0n) is 11.8. The molecule has 0 radical (unpaired) electrons. The van der Waals surface area contributed by atoms with E-state index in [1.54, 1.807) is 6.92 Å². The molecule has 0 spiro atoms. The highest BCUT2D eigenvalue weighted by Gasteiger charge is 2.17. The Balaban J connectivity index is 2.74. The van der Waals surface area contributed by atoms with E-state index in [9.17, 15) is 19.7 Å². The Morgan fingerprint density at radius 3 is 2.67 bits per heavy atom. The van der Waals surface area contributed by atoms with Crippen LogP contribution in [0.4, 0.5) is 5.69 Å². The van der Waals surface area contributed by atoms with Crippen LogP contribution in [0.1, 0.15) is 23.7 Å². The second-order valence-electron chi connectivity index (χ2n) is 3.95. The summed E-state index contributed by atoms with van der Waals surface area (Å²) in [5, 5.41) is 13.2. The predicted molar refractivity (Wildman–Crippen MR) is 73.2 cm³/mol. The molecule has 8 heteroatoms. The minimum absolute atomic E-state index is 0.0246. The monoisotopic (exact) mass is 296 g/mol. The lowest BCUT2D eigenvalue weighted by molar-refractivity contribution is -0.384. The van der Waals surface area contributed by atoms with Gasteiger partial charge in [0.25, 0.3) is 11.6 Å². The number of nitro benzene ring substituents is 1. The average molecular weight is 296 g/mol. The van der Waals surface area contributed by atoms with Crippen molar-refractivity contribution in [2.24, 2.45) is 0 Å². The fraction of sp³-hybridized carbons (Fsp3) is 0.385. The zero-order chi connectivity index (χ0) is 15.8. The molecule has 0 saturated heterocycles. The molecule has 0 saturated carbocycles. The summed E-state index contributed by atoms with van der Waals surface area (Å²) in [6, 6.07) is 3.71. The maximum absolute atomic E-state index is 12.0. The van der Waals surface area contributed by atoms with Crippen molar-refractivity contribution < 1.29 is 24.0 Å². The minimum Gasteiger partial charge on any atom is -0.496 e. The van der Waals surface area contributed by atoms with Crippen LogP contribution < -0.4 is 10.1 Å². The maximum Gasteiger partial charge on any atom is 0.307 e. The molecular formula is C13H16N2O6. The molecule has 1 N–H and O–H groups in total. The van der Waals surface area contributed by atoms with Crippen LogP contribution >= 0.6 is 0 Å². The molecule has 0 aliphatic carbocycles. The number of non-ortho nitro benzene ring substituents is 1. The number of carbonyl (C=O) groups excluding carboxylic acids is 2. The van der Waals surface area contributed by atoms with Crippen molar-refractivity contribution in [1.82, 2.24) is 5.32 Å². The van der Waals surface area contributed by atoms with E-state index in [2.05, 4.69) is 5.32 Å². The van der Waals surface area contributed by atoms with Gasteiger partial charge in [0.2, 0.25) is 0 Å². The standard InChI is InChI=1S/C13H16N2O6/c1-3-21-12(16)6-7-14-13(17)10-8-9(15(18)19)4-5-11(10)20-2/h4-5,8H,3,6-7H2,1-2H3,(H,14,17). The third kappa shape index (κ3) is 4.75. The molecule has 0 fully saturated rings. The van der Waals surface area contributed by atoms with Crippen LogP contribution in [0.5, 0.6) is 5.75 Å². The van der Waals surface area contributed by atoms with Gasteiger partial charge >= 0.3 is 5.97 Å². The number of hydrogen-bond donors (Lipinski definition) is 1. The lowest BCUT2D eigenvalue weighted by Crippen LogP contribution is -2.27. The second-order valence-corrected chi connectivity index (χ2v) is 3.95. The number of nitrogens with zero attached hydrogens (tertiary/aromatic N) is 1. The Bertz CT molecular complexity index is 543. The van der Waals surface area contributed by atoms with E-state index < -0.39 is 16.8 Å². The quantitative estimate of drug-likeness (QED) is 0.461. The smallest absolute Gasteiger partial charge is 0.307 e. The van der Waals surface area contributed by atoms with E-state index in [0.29, 0.717) is 0 Å². The number of esters is 1. The van der Waals surface area contributed by atoms with Gasteiger partial charge in [-0.25, -0.2) is 0 Å². The minimum atomic E-state index is -0.602. The molecule has 0 aromatic heterocycles. The molecule has 0 bridgehead atoms. The first kappa shape index (κ1) is 16.4. The summed E-state index contributed by atoms with van der Waals surface area (Å²) < 4.78 is 9.71. The molecule has 1 aromatic rings. The van der Waals surface area contributed by atoms with E-state index in [-0.39, 0.29) is 36.6 Å². The Labute approximate surface area is 121 Å². The molecule has 0 heterocycles. The number of rotatable bonds is 7. The lowest BCUT2D eigenvalue weighted by Gasteiger charge is -2.09. The van der Waals surface area contributed by atoms with E-state index >= 15 is 0 Å². The molecule has 8 nitrogen and oxygen atoms in total. The predicted octanol–water partition coefficient (Wildman–Crippen LogP) is 1.29. The van der Waals surface area contributed by atoms with Gasteiger partial charge in [-0.15, -0.1) is 0 Å². The highest BCUT2D eigenvalue weighted by Crippen LogP contribution is 2.23. The average Bonchev–Trinajstić information content (AvgIpc) is 2.46. The summed E-state index contributed by atoms with van der Waals surface area (Å²) in [5.74, 6) is -0.766. The Kier molecular flexibility index (Phi) is 6.12. The molecule has 0 aliphatic heterocycles. The first-order valence-corrected chi connectivity index (χ1v) is 6.25. The Hall–Kier alpha value is -2.64. The summed E-state index contributed by atoms with van der Waals surface area (Å²) in [5.41, 5.74) is -0.179. The molecule has 114 valence electrons. The van der Waals surface area contributed by atoms with Crippen LogP contribution in [0.25, 0.3) is 0 Å². The Morgan fingerprint density at radius 1 is 1.38 bits per heavy atom. The number of nitro groups is 1. The Morgan fingerprint density at radius 2 is 2.10 bits per heavy atom. The van der Waals surface area contributed by atoms with Crippen molar-refractivity contribution >= 4 is 17.6 Å². The van der Waals surface area contributed by atoms with Crippen molar-refractivity contribution in [2.75, 3.05) is 20.3 Å². The van der Waals surface area contributed by atoms with E-state index in [1.165, 1.54) is 19.2 Å². The van der Waals surface area contributed by atoms with E-state index in [1.807, 2.05) is 0 Å². The topological polar surface area (TPSA) is 108 Å². The molecule has 0 unspecified atom stereocenters. The molecule has 1 amide bonds. The van der Waals surface area contributed by atoms with Gasteiger partial charge in [-0.2, -0.15) is 0 Å². The SMILES string of the molecule is CCOC(=O)CCNC(=O)c1cc([N+](=O)[O-])ccc1OC. The second kappa shape index (κ2) is 7.83. The summed E-state index contributed by atoms with van der Waals surface area (Å²) in [6.45, 7) is 2.03. The fourth-order valence-electron chi connectivity index (χ4n) is 1.59. The van der Waals surface area contributed by atoms with E-state index in [4.69, 9.17) is 9.47 Å². The van der Waals surface area contributed by atoms with Gasteiger partial charge < -0.3 is 14.8 Å². The lowest BCUT2D eigenvalue weighted by atomic mass is 10.1. The number of amides is 1. The van der Waals surface area contributed by atoms with Gasteiger partial charge in [0, 0.05) is 18.7 Å². The highest BCUT2D eigenvalue weighted by atomic mass is 16.6. The first-order chi connectivity index (χ1) is 9.99. The number of carbonyl (C=O) groups is 2. The summed E-state index contributed by atoms with van der Waals surface area (Å²) >= 11 is 0. The van der Waals surface area contributed by atoms with Crippen molar-refractivity contribution in [3.05, 3.63) is 33.9 Å². The van der Waals surface area contributed by atoms with E-state index in [0.717, 1.165) is 6.07 Å². The fourth-order valence-corrected chi connectivity index (χ4v) is 1.59. The van der Waals surface area contributed by atoms with Crippen molar-refractivity contribution in [3.8, 4) is 5.75 Å². The molecule has 1 rings (SSSR count). The number of methoxy groups -OCH3 is 1. The van der Waals surface area contributed by atoms with Crippen LogP contribution in [0, 0.1) is 10.1 Å².